The van der Waals surface area contributed by atoms with Crippen molar-refractivity contribution in [1.82, 2.24) is 0 Å². The molecule has 9 heteroatoms. The zero-order valence-electron chi connectivity index (χ0n) is 42.4. The number of phosphoric ester groups is 1. The van der Waals surface area contributed by atoms with Crippen LogP contribution in [0.25, 0.3) is 0 Å². The van der Waals surface area contributed by atoms with Crippen molar-refractivity contribution in [3.05, 3.63) is 0 Å². The van der Waals surface area contributed by atoms with E-state index in [1.54, 1.807) is 0 Å². The highest BCUT2D eigenvalue weighted by Gasteiger charge is 2.25. The van der Waals surface area contributed by atoms with Gasteiger partial charge in [0.15, 0.2) is 0 Å². The first-order valence-electron chi connectivity index (χ1n) is 28.0. The first-order valence-corrected chi connectivity index (χ1v) is 29.5. The molecule has 0 bridgehead atoms. The van der Waals surface area contributed by atoms with Gasteiger partial charge in [-0.15, -0.1) is 0 Å². The summed E-state index contributed by atoms with van der Waals surface area (Å²) in [6, 6.07) is 0. The first-order chi connectivity index (χ1) is 30.9. The molecule has 0 aliphatic carbocycles. The molecule has 2 atom stereocenters. The van der Waals surface area contributed by atoms with Crippen molar-refractivity contribution in [3.8, 4) is 0 Å². The lowest BCUT2D eigenvalue weighted by molar-refractivity contribution is -0.154. The lowest BCUT2D eigenvalue weighted by Crippen LogP contribution is -2.28. The molecule has 0 spiro atoms. The van der Waals surface area contributed by atoms with Gasteiger partial charge >= 0.3 is 13.8 Å². The summed E-state index contributed by atoms with van der Waals surface area (Å²) < 4.78 is 33.7. The second-order valence-corrected chi connectivity index (χ2v) is 20.6. The van der Waals surface area contributed by atoms with Gasteiger partial charge in [-0.3, -0.25) is 13.8 Å². The van der Waals surface area contributed by atoms with E-state index in [-0.39, 0.29) is 32.3 Å². The van der Waals surface area contributed by atoms with Crippen LogP contribution in [0.5, 0.6) is 0 Å². The van der Waals surface area contributed by atoms with Crippen molar-refractivity contribution in [2.45, 2.75) is 309 Å². The molecule has 0 aromatic heterocycles. The predicted octanol–water partition coefficient (Wildman–Crippen LogP) is 17.6. The van der Waals surface area contributed by atoms with Gasteiger partial charge in [-0.25, -0.2) is 4.57 Å². The van der Waals surface area contributed by atoms with Crippen molar-refractivity contribution < 1.29 is 32.8 Å². The van der Waals surface area contributed by atoms with Crippen molar-refractivity contribution in [3.63, 3.8) is 0 Å². The SMILES string of the molecule is CCCCCCCCCCCCCCCCCCCCCCCCCOCC(COP(=O)(O)OCCN)OC(=O)CCCCCCCCCCCCCCCCCCCCCCC. The van der Waals surface area contributed by atoms with E-state index in [0.29, 0.717) is 13.0 Å². The van der Waals surface area contributed by atoms with Gasteiger partial charge in [0.05, 0.1) is 19.8 Å². The van der Waals surface area contributed by atoms with E-state index in [2.05, 4.69) is 13.8 Å². The lowest BCUT2D eigenvalue weighted by atomic mass is 10.0. The average Bonchev–Trinajstić information content (AvgIpc) is 3.28. The molecule has 0 amide bonds. The summed E-state index contributed by atoms with van der Waals surface area (Å²) in [5.41, 5.74) is 5.40. The molecule has 0 radical (unpaired) electrons. The maximum Gasteiger partial charge on any atom is 0.472 e. The molecule has 3 N–H and O–H groups in total. The monoisotopic (exact) mass is 916 g/mol. The average molecular weight is 916 g/mol. The molecule has 0 aliphatic heterocycles. The van der Waals surface area contributed by atoms with Crippen molar-refractivity contribution in [2.75, 3.05) is 33.0 Å². The number of esters is 1. The molecule has 8 nitrogen and oxygen atoms in total. The number of carbonyl (C=O) groups is 1. The third-order valence-corrected chi connectivity index (χ3v) is 13.8. The highest BCUT2D eigenvalue weighted by Crippen LogP contribution is 2.43. The van der Waals surface area contributed by atoms with Crippen LogP contribution >= 0.6 is 7.82 Å². The maximum atomic E-state index is 12.7. The van der Waals surface area contributed by atoms with Crippen LogP contribution < -0.4 is 5.73 Å². The van der Waals surface area contributed by atoms with Gasteiger partial charge < -0.3 is 20.1 Å². The largest absolute Gasteiger partial charge is 0.472 e. The molecule has 378 valence electrons. The summed E-state index contributed by atoms with van der Waals surface area (Å²) in [6.45, 7) is 5.02. The highest BCUT2D eigenvalue weighted by molar-refractivity contribution is 7.47. The van der Waals surface area contributed by atoms with Crippen LogP contribution in [0.1, 0.15) is 303 Å². The minimum absolute atomic E-state index is 0.0895. The van der Waals surface area contributed by atoms with E-state index in [1.165, 1.54) is 250 Å². The maximum absolute atomic E-state index is 12.7. The van der Waals surface area contributed by atoms with Crippen LogP contribution in [0.4, 0.5) is 0 Å². The number of nitrogens with two attached hydrogens (primary N) is 1. The van der Waals surface area contributed by atoms with E-state index in [0.717, 1.165) is 32.1 Å². The molecule has 2 unspecified atom stereocenters. The van der Waals surface area contributed by atoms with Crippen LogP contribution in [0.3, 0.4) is 0 Å². The molecular formula is C54H110NO7P. The summed E-state index contributed by atoms with van der Waals surface area (Å²) in [4.78, 5) is 22.6. The molecule has 0 rings (SSSR count). The third-order valence-electron chi connectivity index (χ3n) is 12.8. The van der Waals surface area contributed by atoms with Gasteiger partial charge in [0, 0.05) is 19.6 Å². The number of carbonyl (C=O) groups excluding carboxylic acids is 1. The zero-order chi connectivity index (χ0) is 45.8. The van der Waals surface area contributed by atoms with E-state index in [9.17, 15) is 14.3 Å². The summed E-state index contributed by atoms with van der Waals surface area (Å²) in [5, 5.41) is 0. The van der Waals surface area contributed by atoms with Gasteiger partial charge in [-0.2, -0.15) is 0 Å². The Morgan fingerprint density at radius 3 is 1.00 bits per heavy atom. The number of phosphoric acid groups is 1. The predicted molar refractivity (Wildman–Crippen MR) is 271 cm³/mol. The molecule has 0 heterocycles. The fourth-order valence-corrected chi connectivity index (χ4v) is 9.41. The summed E-state index contributed by atoms with van der Waals surface area (Å²) >= 11 is 0. The van der Waals surface area contributed by atoms with E-state index in [4.69, 9.17) is 24.3 Å². The van der Waals surface area contributed by atoms with Gasteiger partial charge in [0.1, 0.15) is 6.10 Å². The van der Waals surface area contributed by atoms with Gasteiger partial charge in [0.25, 0.3) is 0 Å². The Kier molecular flexibility index (Phi) is 52.1. The summed E-state index contributed by atoms with van der Waals surface area (Å²) in [5.74, 6) is -0.319. The van der Waals surface area contributed by atoms with Gasteiger partial charge in [-0.05, 0) is 12.8 Å². The first kappa shape index (κ1) is 62.5. The van der Waals surface area contributed by atoms with Crippen LogP contribution in [0.15, 0.2) is 0 Å². The molecule has 0 aliphatic rings. The number of hydrogen-bond acceptors (Lipinski definition) is 7. The Balaban J connectivity index is 3.83. The quantitative estimate of drug-likeness (QED) is 0.0352. The number of hydrogen-bond donors (Lipinski definition) is 2. The number of unbranched alkanes of at least 4 members (excludes halogenated alkanes) is 42. The molecule has 0 saturated carbocycles. The Morgan fingerprint density at radius 2 is 0.698 bits per heavy atom. The van der Waals surface area contributed by atoms with Crippen molar-refractivity contribution in [1.29, 1.82) is 0 Å². The highest BCUT2D eigenvalue weighted by atomic mass is 31.2. The Labute approximate surface area is 392 Å². The second-order valence-electron chi connectivity index (χ2n) is 19.2. The van der Waals surface area contributed by atoms with Crippen LogP contribution in [0, 0.1) is 0 Å². The third kappa shape index (κ3) is 52.3. The lowest BCUT2D eigenvalue weighted by Gasteiger charge is -2.20. The molecule has 0 aromatic carbocycles. The molecule has 0 aromatic rings. The summed E-state index contributed by atoms with van der Waals surface area (Å²) in [6.07, 6.45) is 58.7. The number of ether oxygens (including phenoxy) is 2. The minimum Gasteiger partial charge on any atom is -0.457 e. The fraction of sp³-hybridized carbons (Fsp3) is 0.981. The van der Waals surface area contributed by atoms with Crippen molar-refractivity contribution >= 4 is 13.8 Å². The fourth-order valence-electron chi connectivity index (χ4n) is 8.65. The standard InChI is InChI=1S/C54H110NO7P/c1-3-5-7-9-11-13-15-17-19-21-23-25-26-28-30-32-34-36-38-40-42-44-46-49-59-51-53(52-61-63(57,58)60-50-48-55)62-54(56)47-45-43-41-39-37-35-33-31-29-27-24-22-20-18-16-14-12-10-8-6-4-2/h53H,3-52,55H2,1-2H3,(H,57,58). The molecule has 0 fully saturated rings. The van der Waals surface area contributed by atoms with E-state index < -0.39 is 13.9 Å². The second kappa shape index (κ2) is 52.5. The van der Waals surface area contributed by atoms with Crippen molar-refractivity contribution in [2.24, 2.45) is 5.73 Å². The number of rotatable bonds is 55. The Bertz CT molecular complexity index is 940. The van der Waals surface area contributed by atoms with Gasteiger partial charge in [0.2, 0.25) is 0 Å². The molecular weight excluding hydrogens is 806 g/mol. The Hall–Kier alpha value is -0.500. The minimum atomic E-state index is -4.28. The topological polar surface area (TPSA) is 117 Å². The van der Waals surface area contributed by atoms with Crippen LogP contribution in [0.2, 0.25) is 0 Å². The molecule has 63 heavy (non-hydrogen) atoms. The van der Waals surface area contributed by atoms with E-state index >= 15 is 0 Å². The zero-order valence-corrected chi connectivity index (χ0v) is 43.2. The van der Waals surface area contributed by atoms with E-state index in [1.807, 2.05) is 0 Å². The normalized spacial score (nSPS) is 13.1. The molecule has 0 saturated heterocycles. The summed E-state index contributed by atoms with van der Waals surface area (Å²) in [7, 11) is -4.28. The Morgan fingerprint density at radius 1 is 0.413 bits per heavy atom. The van der Waals surface area contributed by atoms with Crippen LogP contribution in [-0.4, -0.2) is 49.9 Å². The smallest absolute Gasteiger partial charge is 0.457 e. The van der Waals surface area contributed by atoms with Crippen LogP contribution in [-0.2, 0) is 27.9 Å². The van der Waals surface area contributed by atoms with Gasteiger partial charge in [-0.1, -0.05) is 284 Å².